The molecule has 1 heterocycles. The summed E-state index contributed by atoms with van der Waals surface area (Å²) < 4.78 is 11.4. The number of carbonyl (C=O) groups excluding carboxylic acids is 2. The van der Waals surface area contributed by atoms with Gasteiger partial charge in [-0.2, -0.15) is 0 Å². The fourth-order valence-electron chi connectivity index (χ4n) is 4.04. The van der Waals surface area contributed by atoms with Gasteiger partial charge in [-0.25, -0.2) is 0 Å². The molecule has 0 saturated carbocycles. The van der Waals surface area contributed by atoms with Gasteiger partial charge in [-0.3, -0.25) is 9.59 Å². The number of allylic oxidation sites excluding steroid dienone is 2. The Kier molecular flexibility index (Phi) is 3.95. The van der Waals surface area contributed by atoms with E-state index in [1.807, 2.05) is 19.9 Å². The number of methoxy groups -OCH3 is 1. The van der Waals surface area contributed by atoms with Crippen molar-refractivity contribution in [1.29, 1.82) is 0 Å². The van der Waals surface area contributed by atoms with Crippen LogP contribution in [0.1, 0.15) is 20.3 Å². The molecule has 22 heavy (non-hydrogen) atoms. The van der Waals surface area contributed by atoms with E-state index in [4.69, 9.17) is 9.47 Å². The molecule has 0 spiro atoms. The first kappa shape index (κ1) is 15.4. The summed E-state index contributed by atoms with van der Waals surface area (Å²) in [5.74, 6) is -1.54. The third-order valence-electron chi connectivity index (χ3n) is 5.17. The van der Waals surface area contributed by atoms with Crippen molar-refractivity contribution in [2.75, 3.05) is 26.8 Å². The first-order valence-electron chi connectivity index (χ1n) is 8.00. The van der Waals surface area contributed by atoms with Gasteiger partial charge in [-0.1, -0.05) is 18.2 Å². The second-order valence-corrected chi connectivity index (χ2v) is 6.09. The zero-order chi connectivity index (χ0) is 15.9. The topological polar surface area (TPSA) is 55.8 Å². The Labute approximate surface area is 130 Å². The molecule has 2 aliphatic carbocycles. The Morgan fingerprint density at radius 2 is 2.14 bits per heavy atom. The average Bonchev–Trinajstić information content (AvgIpc) is 2.93. The molecule has 0 aromatic carbocycles. The van der Waals surface area contributed by atoms with Gasteiger partial charge in [0.05, 0.1) is 12.2 Å². The van der Waals surface area contributed by atoms with Gasteiger partial charge in [0.25, 0.3) is 5.91 Å². The molecule has 0 aromatic rings. The standard InChI is InChI=1S/C17H23NO4/c1-4-18(5-2)16(20)13-9-11-7-6-8-12-10-22-17(21-3,14(11)12)15(13)19/h6,8-9,11-12,14H,4-5,7,10H2,1-3H3/t11-,12+,14+,17-/m0/s1. The minimum Gasteiger partial charge on any atom is -0.346 e. The highest BCUT2D eigenvalue weighted by Gasteiger charge is 2.61. The molecular weight excluding hydrogens is 282 g/mol. The Balaban J connectivity index is 2.03. The second-order valence-electron chi connectivity index (χ2n) is 6.09. The molecule has 1 fully saturated rings. The number of carbonyl (C=O) groups is 2. The first-order chi connectivity index (χ1) is 10.6. The summed E-state index contributed by atoms with van der Waals surface area (Å²) in [6.45, 7) is 5.46. The molecule has 120 valence electrons. The van der Waals surface area contributed by atoms with Gasteiger partial charge >= 0.3 is 0 Å². The summed E-state index contributed by atoms with van der Waals surface area (Å²) in [6, 6.07) is 0. The maximum Gasteiger partial charge on any atom is 0.257 e. The zero-order valence-corrected chi connectivity index (χ0v) is 13.4. The fraction of sp³-hybridized carbons (Fsp3) is 0.647. The average molecular weight is 305 g/mol. The molecule has 1 saturated heterocycles. The Morgan fingerprint density at radius 1 is 1.41 bits per heavy atom. The van der Waals surface area contributed by atoms with Gasteiger partial charge < -0.3 is 14.4 Å². The van der Waals surface area contributed by atoms with Crippen LogP contribution in [0.15, 0.2) is 23.8 Å². The number of amides is 1. The number of nitrogens with zero attached hydrogens (tertiary/aromatic N) is 1. The van der Waals surface area contributed by atoms with Crippen LogP contribution in [0.5, 0.6) is 0 Å². The third kappa shape index (κ3) is 1.99. The number of likely N-dealkylation sites (N-methyl/N-ethyl adjacent to an activating group) is 1. The SMILES string of the molecule is CCN(CC)C(=O)C1=C[C@@H]2CC=C[C@@H]3CO[C@](OC)(C1=O)[C@H]23. The molecule has 0 N–H and O–H groups in total. The highest BCUT2D eigenvalue weighted by atomic mass is 16.7. The zero-order valence-electron chi connectivity index (χ0n) is 13.4. The van der Waals surface area contributed by atoms with E-state index in [0.717, 1.165) is 6.42 Å². The number of hydrogen-bond acceptors (Lipinski definition) is 4. The summed E-state index contributed by atoms with van der Waals surface area (Å²) in [4.78, 5) is 27.3. The van der Waals surface area contributed by atoms with Crippen LogP contribution in [0.4, 0.5) is 0 Å². The van der Waals surface area contributed by atoms with Crippen molar-refractivity contribution in [3.05, 3.63) is 23.8 Å². The minimum atomic E-state index is -1.28. The van der Waals surface area contributed by atoms with Crippen molar-refractivity contribution in [3.63, 3.8) is 0 Å². The first-order valence-corrected chi connectivity index (χ1v) is 8.00. The molecule has 4 atom stereocenters. The van der Waals surface area contributed by atoms with E-state index in [-0.39, 0.29) is 35.0 Å². The van der Waals surface area contributed by atoms with Gasteiger partial charge in [-0.15, -0.1) is 0 Å². The van der Waals surface area contributed by atoms with Crippen LogP contribution < -0.4 is 0 Å². The summed E-state index contributed by atoms with van der Waals surface area (Å²) in [5, 5.41) is 0. The number of rotatable bonds is 4. The predicted octanol–water partition coefficient (Wildman–Crippen LogP) is 1.55. The van der Waals surface area contributed by atoms with Crippen LogP contribution in [0.25, 0.3) is 0 Å². The smallest absolute Gasteiger partial charge is 0.257 e. The summed E-state index contributed by atoms with van der Waals surface area (Å²) in [6.07, 6.45) is 6.90. The lowest BCUT2D eigenvalue weighted by atomic mass is 9.67. The molecule has 1 amide bonds. The lowest BCUT2D eigenvalue weighted by molar-refractivity contribution is -0.216. The second kappa shape index (κ2) is 5.63. The monoisotopic (exact) mass is 305 g/mol. The van der Waals surface area contributed by atoms with Crippen LogP contribution in [-0.4, -0.2) is 49.2 Å². The molecular formula is C17H23NO4. The molecule has 1 aliphatic heterocycles. The number of ether oxygens (including phenoxy) is 2. The van der Waals surface area contributed by atoms with E-state index in [9.17, 15) is 9.59 Å². The molecule has 0 unspecified atom stereocenters. The normalized spacial score (nSPS) is 36.0. The van der Waals surface area contributed by atoms with Gasteiger partial charge in [0.1, 0.15) is 0 Å². The highest BCUT2D eigenvalue weighted by molar-refractivity contribution is 6.22. The lowest BCUT2D eigenvalue weighted by Gasteiger charge is -2.41. The lowest BCUT2D eigenvalue weighted by Crippen LogP contribution is -2.55. The largest absolute Gasteiger partial charge is 0.346 e. The minimum absolute atomic E-state index is 0.0248. The van der Waals surface area contributed by atoms with E-state index < -0.39 is 5.79 Å². The predicted molar refractivity (Wildman–Crippen MR) is 80.9 cm³/mol. The molecule has 3 aliphatic rings. The molecule has 0 aromatic heterocycles. The van der Waals surface area contributed by atoms with Crippen molar-refractivity contribution < 1.29 is 19.1 Å². The van der Waals surface area contributed by atoms with E-state index in [1.165, 1.54) is 7.11 Å². The van der Waals surface area contributed by atoms with Crippen molar-refractivity contribution >= 4 is 11.7 Å². The molecule has 0 bridgehead atoms. The Morgan fingerprint density at radius 3 is 2.77 bits per heavy atom. The fourth-order valence-corrected chi connectivity index (χ4v) is 4.04. The third-order valence-corrected chi connectivity index (χ3v) is 5.17. The van der Waals surface area contributed by atoms with Crippen LogP contribution in [0, 0.1) is 17.8 Å². The quantitative estimate of drug-likeness (QED) is 0.584. The summed E-state index contributed by atoms with van der Waals surface area (Å²) >= 11 is 0. The van der Waals surface area contributed by atoms with Crippen molar-refractivity contribution in [1.82, 2.24) is 4.90 Å². The van der Waals surface area contributed by atoms with Crippen LogP contribution >= 0.6 is 0 Å². The maximum atomic E-state index is 13.0. The molecule has 5 nitrogen and oxygen atoms in total. The van der Waals surface area contributed by atoms with E-state index in [1.54, 1.807) is 4.90 Å². The summed E-state index contributed by atoms with van der Waals surface area (Å²) in [5.41, 5.74) is 0.225. The van der Waals surface area contributed by atoms with E-state index in [2.05, 4.69) is 12.2 Å². The highest BCUT2D eigenvalue weighted by Crippen LogP contribution is 2.51. The van der Waals surface area contributed by atoms with E-state index >= 15 is 0 Å². The number of Topliss-reactive ketones (excluding diaryl/α,β-unsaturated/α-hetero) is 1. The molecule has 3 rings (SSSR count). The van der Waals surface area contributed by atoms with Gasteiger partial charge in [0.15, 0.2) is 0 Å². The van der Waals surface area contributed by atoms with E-state index in [0.29, 0.717) is 19.7 Å². The summed E-state index contributed by atoms with van der Waals surface area (Å²) in [7, 11) is 1.50. The molecule has 5 heteroatoms. The molecule has 0 radical (unpaired) electrons. The Hall–Kier alpha value is -1.46. The van der Waals surface area contributed by atoms with Crippen molar-refractivity contribution in [3.8, 4) is 0 Å². The Bertz CT molecular complexity index is 549. The van der Waals surface area contributed by atoms with Crippen molar-refractivity contribution in [2.24, 2.45) is 17.8 Å². The van der Waals surface area contributed by atoms with Crippen LogP contribution in [0.2, 0.25) is 0 Å². The van der Waals surface area contributed by atoms with Crippen LogP contribution in [-0.2, 0) is 19.1 Å². The van der Waals surface area contributed by atoms with Gasteiger partial charge in [0, 0.05) is 32.0 Å². The number of hydrogen-bond donors (Lipinski definition) is 0. The van der Waals surface area contributed by atoms with Crippen LogP contribution in [0.3, 0.4) is 0 Å². The van der Waals surface area contributed by atoms with Gasteiger partial charge in [0.2, 0.25) is 11.6 Å². The van der Waals surface area contributed by atoms with Gasteiger partial charge in [-0.05, 0) is 26.2 Å². The maximum absolute atomic E-state index is 13.0. The number of ketones is 1. The van der Waals surface area contributed by atoms with Crippen molar-refractivity contribution in [2.45, 2.75) is 26.1 Å².